The fourth-order valence-electron chi connectivity index (χ4n) is 4.77. The first-order valence-corrected chi connectivity index (χ1v) is 15.3. The number of ether oxygens (including phenoxy) is 10. The summed E-state index contributed by atoms with van der Waals surface area (Å²) in [5.74, 6) is -5.06. The van der Waals surface area contributed by atoms with Crippen LogP contribution in [0, 0.1) is 0 Å². The van der Waals surface area contributed by atoms with Crippen molar-refractivity contribution in [3.63, 3.8) is 0 Å². The van der Waals surface area contributed by atoms with E-state index in [1.807, 2.05) is 0 Å². The van der Waals surface area contributed by atoms with Crippen LogP contribution in [0.3, 0.4) is 0 Å². The third-order valence-corrected chi connectivity index (χ3v) is 7.26. The van der Waals surface area contributed by atoms with Crippen LogP contribution >= 0.6 is 11.8 Å². The monoisotopic (exact) mass is 680 g/mol. The van der Waals surface area contributed by atoms with Gasteiger partial charge in [0.05, 0.1) is 0 Å². The molecule has 17 nitrogen and oxygen atoms in total. The highest BCUT2D eigenvalue weighted by Crippen LogP contribution is 2.37. The van der Waals surface area contributed by atoms with E-state index in [9.17, 15) is 33.6 Å². The fraction of sp³-hybridized carbons (Fsp3) is 0.750. The Bertz CT molecular complexity index is 1130. The van der Waals surface area contributed by atoms with Gasteiger partial charge in [0.15, 0.2) is 36.8 Å². The topological polar surface area (TPSA) is 212 Å². The second-order valence-electron chi connectivity index (χ2n) is 10.1. The lowest BCUT2D eigenvalue weighted by Gasteiger charge is -2.48. The summed E-state index contributed by atoms with van der Waals surface area (Å²) in [6.45, 7) is 8.52. The SMILES string of the molecule is CCS[C@@H]1OC(COC(C)=O)[C@H](O[C@H]2OC(COC(C)=O)[C@@H](OC(C)=O)C(OC(C)=O)C2OC(C)=O)[C@H](OC(C)=O)C1OC(C)=O. The summed E-state index contributed by atoms with van der Waals surface area (Å²) in [6.07, 6.45) is -13.1. The molecule has 5 unspecified atom stereocenters. The first-order valence-electron chi connectivity index (χ1n) is 14.2. The molecule has 2 heterocycles. The van der Waals surface area contributed by atoms with Crippen molar-refractivity contribution >= 4 is 53.5 Å². The summed E-state index contributed by atoms with van der Waals surface area (Å²) in [6, 6.07) is 0. The first kappa shape index (κ1) is 38.7. The molecule has 10 atom stereocenters. The fourth-order valence-corrected chi connectivity index (χ4v) is 5.72. The summed E-state index contributed by atoms with van der Waals surface area (Å²) in [5, 5.41) is 0. The van der Waals surface area contributed by atoms with Crippen LogP contribution in [0.5, 0.6) is 0 Å². The van der Waals surface area contributed by atoms with Crippen LogP contribution in [-0.2, 0) is 80.9 Å². The zero-order valence-corrected chi connectivity index (χ0v) is 27.6. The maximum absolute atomic E-state index is 12.3. The third-order valence-electron chi connectivity index (χ3n) is 6.22. The first-order chi connectivity index (χ1) is 21.5. The van der Waals surface area contributed by atoms with Crippen LogP contribution in [0.4, 0.5) is 0 Å². The maximum Gasteiger partial charge on any atom is 0.303 e. The van der Waals surface area contributed by atoms with Gasteiger partial charge in [-0.2, -0.15) is 0 Å². The van der Waals surface area contributed by atoms with E-state index in [1.165, 1.54) is 11.8 Å². The van der Waals surface area contributed by atoms with Crippen molar-refractivity contribution in [2.75, 3.05) is 19.0 Å². The van der Waals surface area contributed by atoms with Crippen molar-refractivity contribution in [2.45, 2.75) is 116 Å². The van der Waals surface area contributed by atoms with Crippen LogP contribution < -0.4 is 0 Å². The molecule has 0 aliphatic carbocycles. The van der Waals surface area contributed by atoms with Gasteiger partial charge in [0.25, 0.3) is 0 Å². The lowest BCUT2D eigenvalue weighted by Crippen LogP contribution is -2.66. The maximum atomic E-state index is 12.3. The number of carbonyl (C=O) groups excluding carboxylic acids is 7. The van der Waals surface area contributed by atoms with Crippen LogP contribution in [0.1, 0.15) is 55.4 Å². The molecule has 18 heteroatoms. The minimum Gasteiger partial charge on any atom is -0.463 e. The molecule has 2 aliphatic heterocycles. The predicted molar refractivity (Wildman–Crippen MR) is 151 cm³/mol. The quantitative estimate of drug-likeness (QED) is 0.190. The minimum atomic E-state index is -1.72. The lowest BCUT2D eigenvalue weighted by molar-refractivity contribution is -0.341. The van der Waals surface area contributed by atoms with Gasteiger partial charge in [-0.05, 0) is 5.75 Å². The van der Waals surface area contributed by atoms with E-state index in [1.54, 1.807) is 6.92 Å². The molecule has 0 N–H and O–H groups in total. The van der Waals surface area contributed by atoms with Gasteiger partial charge >= 0.3 is 41.8 Å². The van der Waals surface area contributed by atoms with Crippen LogP contribution in [0.15, 0.2) is 0 Å². The van der Waals surface area contributed by atoms with Gasteiger partial charge in [-0.15, -0.1) is 11.8 Å². The average molecular weight is 681 g/mol. The molecule has 0 spiro atoms. The zero-order valence-electron chi connectivity index (χ0n) is 26.7. The second-order valence-corrected chi connectivity index (χ2v) is 11.5. The Morgan fingerprint density at radius 3 is 1.33 bits per heavy atom. The molecule has 0 amide bonds. The molecule has 0 aromatic rings. The largest absolute Gasteiger partial charge is 0.463 e. The predicted octanol–water partition coefficient (Wildman–Crippen LogP) is 0.359. The van der Waals surface area contributed by atoms with Gasteiger partial charge in [-0.1, -0.05) is 6.92 Å². The van der Waals surface area contributed by atoms with Crippen molar-refractivity contribution in [1.29, 1.82) is 0 Å². The molecule has 0 bridgehead atoms. The Balaban J connectivity index is 2.70. The molecule has 2 saturated heterocycles. The van der Waals surface area contributed by atoms with E-state index in [-0.39, 0.29) is 0 Å². The molecule has 2 fully saturated rings. The van der Waals surface area contributed by atoms with E-state index < -0.39 is 116 Å². The van der Waals surface area contributed by atoms with Crippen LogP contribution in [0.2, 0.25) is 0 Å². The highest BCUT2D eigenvalue weighted by Gasteiger charge is 2.57. The van der Waals surface area contributed by atoms with E-state index in [2.05, 4.69) is 0 Å². The Morgan fingerprint density at radius 1 is 0.500 bits per heavy atom. The molecule has 260 valence electrons. The number of rotatable bonds is 13. The van der Waals surface area contributed by atoms with E-state index in [0.717, 1.165) is 48.5 Å². The number of hydrogen-bond donors (Lipinski definition) is 0. The van der Waals surface area contributed by atoms with Gasteiger partial charge in [-0.25, -0.2) is 0 Å². The lowest BCUT2D eigenvalue weighted by atomic mass is 9.96. The van der Waals surface area contributed by atoms with Crippen molar-refractivity contribution in [3.05, 3.63) is 0 Å². The van der Waals surface area contributed by atoms with Crippen LogP contribution in [-0.4, -0.2) is 121 Å². The Labute approximate surface area is 269 Å². The van der Waals surface area contributed by atoms with Gasteiger partial charge in [0, 0.05) is 48.5 Å². The molecule has 0 saturated carbocycles. The normalized spacial score (nSPS) is 30.6. The molecule has 46 heavy (non-hydrogen) atoms. The zero-order chi connectivity index (χ0) is 34.7. The standard InChI is InChI=1S/C28H40O17S/c1-9-46-28-26(42-18(8)35)24(40-16(6)33)22(20(44-28)11-37-13(3)30)45-27-25(41-17(7)34)23(39-15(5)32)21(38-14(4)31)19(43-27)10-36-12(2)29/h19-28H,9-11H2,1-8H3/t19?,20?,21-,22+,23?,24+,25?,26?,27-,28+/m1/s1. The minimum absolute atomic E-state index is 0.434. The Morgan fingerprint density at radius 2 is 0.891 bits per heavy atom. The summed E-state index contributed by atoms with van der Waals surface area (Å²) in [7, 11) is 0. The molecular formula is C28H40O17S. The van der Waals surface area contributed by atoms with Gasteiger partial charge in [-0.3, -0.25) is 33.6 Å². The number of carbonyl (C=O) groups is 7. The number of thioether (sulfide) groups is 1. The second kappa shape index (κ2) is 18.0. The highest BCUT2D eigenvalue weighted by molar-refractivity contribution is 7.99. The average Bonchev–Trinajstić information content (AvgIpc) is 2.91. The Hall–Kier alpha value is -3.48. The van der Waals surface area contributed by atoms with Crippen LogP contribution in [0.25, 0.3) is 0 Å². The smallest absolute Gasteiger partial charge is 0.303 e. The van der Waals surface area contributed by atoms with E-state index in [0.29, 0.717) is 5.75 Å². The van der Waals surface area contributed by atoms with Crippen molar-refractivity contribution in [3.8, 4) is 0 Å². The summed E-state index contributed by atoms with van der Waals surface area (Å²) in [5.41, 5.74) is -0.922. The summed E-state index contributed by atoms with van der Waals surface area (Å²) >= 11 is 1.21. The molecule has 0 aromatic heterocycles. The molecule has 0 aromatic carbocycles. The van der Waals surface area contributed by atoms with Crippen molar-refractivity contribution < 1.29 is 80.9 Å². The van der Waals surface area contributed by atoms with Gasteiger partial charge in [0.1, 0.15) is 37.0 Å². The number of hydrogen-bond acceptors (Lipinski definition) is 18. The van der Waals surface area contributed by atoms with E-state index in [4.69, 9.17) is 47.4 Å². The summed E-state index contributed by atoms with van der Waals surface area (Å²) < 4.78 is 56.1. The molecule has 2 aliphatic rings. The third kappa shape index (κ3) is 11.7. The highest BCUT2D eigenvalue weighted by atomic mass is 32.2. The van der Waals surface area contributed by atoms with Crippen molar-refractivity contribution in [2.24, 2.45) is 0 Å². The van der Waals surface area contributed by atoms with Gasteiger partial charge < -0.3 is 47.4 Å². The Kier molecular flexibility index (Phi) is 15.2. The van der Waals surface area contributed by atoms with E-state index >= 15 is 0 Å². The molecule has 2 rings (SSSR count). The molecule has 0 radical (unpaired) electrons. The number of esters is 7. The van der Waals surface area contributed by atoms with Gasteiger partial charge in [0.2, 0.25) is 0 Å². The molecular weight excluding hydrogens is 640 g/mol. The van der Waals surface area contributed by atoms with Crippen molar-refractivity contribution in [1.82, 2.24) is 0 Å². The summed E-state index contributed by atoms with van der Waals surface area (Å²) in [4.78, 5) is 84.5.